The quantitative estimate of drug-likeness (QED) is 0.213. The molecular formula is C19H29F11N2O8. The van der Waals surface area contributed by atoms with Gasteiger partial charge in [0.15, 0.2) is 13.7 Å². The van der Waals surface area contributed by atoms with Crippen LogP contribution in [0.15, 0.2) is 0 Å². The van der Waals surface area contributed by atoms with Crippen molar-refractivity contribution in [1.29, 1.82) is 0 Å². The molecule has 0 saturated heterocycles. The molecule has 2 atom stereocenters. The van der Waals surface area contributed by atoms with E-state index >= 15 is 0 Å². The van der Waals surface area contributed by atoms with Crippen LogP contribution >= 0.6 is 0 Å². The predicted molar refractivity (Wildman–Crippen MR) is 109 cm³/mol. The van der Waals surface area contributed by atoms with Gasteiger partial charge in [-0.25, -0.2) is 31.9 Å². The van der Waals surface area contributed by atoms with Gasteiger partial charge in [-0.2, -0.15) is 17.6 Å². The van der Waals surface area contributed by atoms with Gasteiger partial charge in [0.25, 0.3) is 0 Å². The standard InChI is InChI=1S/C14H24F2N2O4.C4H2F8O3.CH3FO/c1-13(2)6-10(17-11(19)22-9-16)7-14(3,8-13)18-12(20)21-5-4-15;5-1-13-4(10,11)14-2(6,7)3(8,9)15-12;2-1-3/h10H,4-9H2,1-3H3,(H,17,19)(H,18,20);1H2;3H,1H2. The molecule has 0 aliphatic heterocycles. The van der Waals surface area contributed by atoms with Crippen LogP contribution in [0.4, 0.5) is 58.0 Å². The van der Waals surface area contributed by atoms with Gasteiger partial charge in [-0.05, 0) is 36.1 Å². The summed E-state index contributed by atoms with van der Waals surface area (Å²) in [6.07, 6.45) is -17.1. The summed E-state index contributed by atoms with van der Waals surface area (Å²) < 4.78 is 141. The van der Waals surface area contributed by atoms with Crippen molar-refractivity contribution in [3.8, 4) is 0 Å². The molecule has 0 aromatic rings. The molecule has 0 bridgehead atoms. The largest absolute Gasteiger partial charge is 0.492 e. The summed E-state index contributed by atoms with van der Waals surface area (Å²) in [4.78, 5) is 24.5. The minimum absolute atomic E-state index is 0.159. The summed E-state index contributed by atoms with van der Waals surface area (Å²) in [7, 11) is 0. The number of carbonyl (C=O) groups excluding carboxylic acids is 2. The van der Waals surface area contributed by atoms with E-state index in [0.717, 1.165) is 0 Å². The Balaban J connectivity index is 0. The van der Waals surface area contributed by atoms with E-state index in [9.17, 15) is 58.0 Å². The van der Waals surface area contributed by atoms with Gasteiger partial charge in [-0.3, -0.25) is 4.74 Å². The van der Waals surface area contributed by atoms with Gasteiger partial charge in [0, 0.05) is 11.6 Å². The summed E-state index contributed by atoms with van der Waals surface area (Å²) in [5.41, 5.74) is -0.781. The molecule has 1 aliphatic rings. The Morgan fingerprint density at radius 2 is 1.45 bits per heavy atom. The summed E-state index contributed by atoms with van der Waals surface area (Å²) in [6, 6.07) is -0.269. The Labute approximate surface area is 220 Å². The van der Waals surface area contributed by atoms with Gasteiger partial charge in [0.2, 0.25) is 6.86 Å². The predicted octanol–water partition coefficient (Wildman–Crippen LogP) is 5.16. The fourth-order valence-electron chi connectivity index (χ4n) is 3.70. The van der Waals surface area contributed by atoms with Crippen LogP contribution in [0, 0.1) is 5.41 Å². The van der Waals surface area contributed by atoms with Gasteiger partial charge < -0.3 is 25.2 Å². The highest BCUT2D eigenvalue weighted by Crippen LogP contribution is 2.42. The highest BCUT2D eigenvalue weighted by atomic mass is 19.4. The molecule has 3 N–H and O–H groups in total. The van der Waals surface area contributed by atoms with Crippen LogP contribution in [0.2, 0.25) is 0 Å². The molecule has 10 nitrogen and oxygen atoms in total. The molecule has 1 fully saturated rings. The third-order valence-electron chi connectivity index (χ3n) is 4.49. The number of ether oxygens (including phenoxy) is 4. The summed E-state index contributed by atoms with van der Waals surface area (Å²) in [5, 5.41) is 12.2. The van der Waals surface area contributed by atoms with Gasteiger partial charge in [-0.1, -0.05) is 13.8 Å². The summed E-state index contributed by atoms with van der Waals surface area (Å²) in [5.74, 6) is 0. The van der Waals surface area contributed by atoms with Crippen LogP contribution < -0.4 is 10.6 Å². The minimum Gasteiger partial charge on any atom is -0.447 e. The topological polar surface area (TPSA) is 125 Å². The molecular weight excluding hydrogens is 593 g/mol. The monoisotopic (exact) mass is 622 g/mol. The first-order chi connectivity index (χ1) is 18.2. The second kappa shape index (κ2) is 17.4. The van der Waals surface area contributed by atoms with Crippen molar-refractivity contribution in [1.82, 2.24) is 10.6 Å². The van der Waals surface area contributed by atoms with E-state index in [1.165, 1.54) is 4.94 Å². The lowest BCUT2D eigenvalue weighted by atomic mass is 9.67. The zero-order valence-electron chi connectivity index (χ0n) is 21.2. The number of hydrogen-bond acceptors (Lipinski definition) is 8. The van der Waals surface area contributed by atoms with E-state index in [1.807, 2.05) is 20.8 Å². The average Bonchev–Trinajstić information content (AvgIpc) is 2.76. The average molecular weight is 622 g/mol. The zero-order chi connectivity index (χ0) is 31.8. The van der Waals surface area contributed by atoms with Crippen LogP contribution in [0.25, 0.3) is 0 Å². The smallest absolute Gasteiger partial charge is 0.447 e. The van der Waals surface area contributed by atoms with Crippen molar-refractivity contribution < 1.29 is 87.0 Å². The zero-order valence-corrected chi connectivity index (χ0v) is 21.2. The van der Waals surface area contributed by atoms with Crippen molar-refractivity contribution in [2.75, 3.05) is 33.9 Å². The molecule has 1 aliphatic carbocycles. The number of aliphatic hydroxyl groups excluding tert-OH is 1. The van der Waals surface area contributed by atoms with Crippen molar-refractivity contribution >= 4 is 12.2 Å². The summed E-state index contributed by atoms with van der Waals surface area (Å²) >= 11 is 0. The van der Waals surface area contributed by atoms with Crippen LogP contribution in [0.1, 0.15) is 40.0 Å². The first-order valence-electron chi connectivity index (χ1n) is 10.7. The molecule has 0 aromatic heterocycles. The third kappa shape index (κ3) is 16.0. The third-order valence-corrected chi connectivity index (χ3v) is 4.49. The van der Waals surface area contributed by atoms with Crippen LogP contribution in [0.5, 0.6) is 0 Å². The fourth-order valence-corrected chi connectivity index (χ4v) is 3.70. The molecule has 40 heavy (non-hydrogen) atoms. The van der Waals surface area contributed by atoms with Crippen LogP contribution in [0.3, 0.4) is 0 Å². The van der Waals surface area contributed by atoms with E-state index in [1.54, 1.807) is 0 Å². The van der Waals surface area contributed by atoms with Gasteiger partial charge in [0.1, 0.15) is 13.3 Å². The number of alkyl carbamates (subject to hydrolysis) is 2. The van der Waals surface area contributed by atoms with Crippen molar-refractivity contribution in [3.63, 3.8) is 0 Å². The fraction of sp³-hybridized carbons (Fsp3) is 0.895. The number of halogens is 11. The first kappa shape index (κ1) is 39.8. The molecule has 0 radical (unpaired) electrons. The number of rotatable bonds is 11. The first-order valence-corrected chi connectivity index (χ1v) is 10.7. The molecule has 21 heteroatoms. The molecule has 240 valence electrons. The Morgan fingerprint density at radius 3 is 1.90 bits per heavy atom. The van der Waals surface area contributed by atoms with E-state index in [2.05, 4.69) is 24.8 Å². The molecule has 0 spiro atoms. The Kier molecular flexibility index (Phi) is 17.3. The number of alkyl halides is 10. The lowest BCUT2D eigenvalue weighted by molar-refractivity contribution is -0.548. The SMILES string of the molecule is CC1(C)CC(NC(=O)OCF)CC(C)(NC(=O)OCCF)C1.FCOC(F)(F)OC(F)(F)C(F)(F)OF.OCF. The van der Waals surface area contributed by atoms with E-state index in [4.69, 9.17) is 9.84 Å². The maximum absolute atomic E-state index is 12.0. The number of aliphatic hydroxyl groups is 1. The van der Waals surface area contributed by atoms with Crippen molar-refractivity contribution in [2.45, 2.75) is 70.1 Å². The number of amides is 2. The number of carbonyl (C=O) groups is 2. The maximum atomic E-state index is 12.0. The van der Waals surface area contributed by atoms with E-state index < -0.39 is 63.5 Å². The van der Waals surface area contributed by atoms with E-state index in [0.29, 0.717) is 19.3 Å². The Bertz CT molecular complexity index is 753. The number of nitrogens with one attached hydrogen (secondary N) is 2. The van der Waals surface area contributed by atoms with Crippen LogP contribution in [-0.2, 0) is 23.9 Å². The molecule has 2 amide bonds. The van der Waals surface area contributed by atoms with Crippen molar-refractivity contribution in [2.24, 2.45) is 5.41 Å². The molecule has 2 unspecified atom stereocenters. The van der Waals surface area contributed by atoms with Gasteiger partial charge in [0.05, 0.1) is 0 Å². The maximum Gasteiger partial charge on any atom is 0.492 e. The van der Waals surface area contributed by atoms with Gasteiger partial charge >= 0.3 is 30.7 Å². The second-order valence-corrected chi connectivity index (χ2v) is 8.69. The molecule has 1 rings (SSSR count). The molecule has 0 aromatic carbocycles. The highest BCUT2D eigenvalue weighted by Gasteiger charge is 2.66. The number of hydrogen-bond donors (Lipinski definition) is 3. The Hall–Kier alpha value is -2.39. The lowest BCUT2D eigenvalue weighted by Crippen LogP contribution is -2.57. The highest BCUT2D eigenvalue weighted by molar-refractivity contribution is 5.69. The Morgan fingerprint density at radius 1 is 0.900 bits per heavy atom. The van der Waals surface area contributed by atoms with E-state index in [-0.39, 0.29) is 18.1 Å². The molecule has 1 saturated carbocycles. The molecule has 0 heterocycles. The van der Waals surface area contributed by atoms with Gasteiger partial charge in [-0.15, -0.1) is 13.7 Å². The minimum atomic E-state index is -6.04. The normalized spacial score (nSPS) is 20.6. The van der Waals surface area contributed by atoms with Crippen molar-refractivity contribution in [3.05, 3.63) is 0 Å². The lowest BCUT2D eigenvalue weighted by Gasteiger charge is -2.46. The second-order valence-electron chi connectivity index (χ2n) is 8.69. The summed E-state index contributed by atoms with van der Waals surface area (Å²) in [6.45, 7) is 0.0882. The van der Waals surface area contributed by atoms with Crippen LogP contribution in [-0.4, -0.2) is 81.2 Å².